The summed E-state index contributed by atoms with van der Waals surface area (Å²) in [7, 11) is 0. The van der Waals surface area contributed by atoms with E-state index in [4.69, 9.17) is 4.74 Å². The molecule has 2 heterocycles. The molecule has 0 spiro atoms. The Kier molecular flexibility index (Phi) is 2.55. The van der Waals surface area contributed by atoms with Gasteiger partial charge in [0, 0.05) is 11.8 Å². The summed E-state index contributed by atoms with van der Waals surface area (Å²) < 4.78 is 5.88. The second-order valence-electron chi connectivity index (χ2n) is 4.56. The van der Waals surface area contributed by atoms with Crippen LogP contribution in [0.15, 0.2) is 15.7 Å². The van der Waals surface area contributed by atoms with Crippen LogP contribution in [-0.2, 0) is 4.74 Å². The highest BCUT2D eigenvalue weighted by Crippen LogP contribution is 2.38. The fourth-order valence-corrected chi connectivity index (χ4v) is 2.09. The zero-order valence-corrected chi connectivity index (χ0v) is 10.4. The molecular weight excluding hydrogens is 250 g/mol. The average Bonchev–Trinajstić information content (AvgIpc) is 3.13. The van der Waals surface area contributed by atoms with Gasteiger partial charge < -0.3 is 9.72 Å². The SMILES string of the molecule is CCOC(=O)c1c(=O)[nH]n2c(=O)cc(C3CC3)[nH]c12. The molecule has 2 aromatic rings. The predicted molar refractivity (Wildman–Crippen MR) is 66.6 cm³/mol. The van der Waals surface area contributed by atoms with E-state index in [0.29, 0.717) is 5.92 Å². The Morgan fingerprint density at radius 1 is 1.47 bits per heavy atom. The van der Waals surface area contributed by atoms with Crippen LogP contribution in [0.25, 0.3) is 5.65 Å². The lowest BCUT2D eigenvalue weighted by atomic mass is 10.2. The molecule has 19 heavy (non-hydrogen) atoms. The van der Waals surface area contributed by atoms with E-state index in [-0.39, 0.29) is 23.4 Å². The van der Waals surface area contributed by atoms with Crippen LogP contribution in [0.5, 0.6) is 0 Å². The molecule has 0 unspecified atom stereocenters. The van der Waals surface area contributed by atoms with Crippen LogP contribution in [-0.4, -0.2) is 27.2 Å². The highest BCUT2D eigenvalue weighted by Gasteiger charge is 2.27. The first-order valence-electron chi connectivity index (χ1n) is 6.17. The molecule has 7 nitrogen and oxygen atoms in total. The maximum atomic E-state index is 11.9. The second kappa shape index (κ2) is 4.11. The number of H-pyrrole nitrogens is 2. The number of esters is 1. The molecule has 0 aromatic carbocycles. The average molecular weight is 263 g/mol. The minimum absolute atomic E-state index is 0.151. The molecule has 2 N–H and O–H groups in total. The molecule has 0 saturated heterocycles. The van der Waals surface area contributed by atoms with Crippen LogP contribution >= 0.6 is 0 Å². The van der Waals surface area contributed by atoms with Crippen molar-refractivity contribution in [3.63, 3.8) is 0 Å². The molecule has 0 aliphatic heterocycles. The molecule has 100 valence electrons. The molecule has 1 aliphatic rings. The van der Waals surface area contributed by atoms with Gasteiger partial charge in [0.15, 0.2) is 11.2 Å². The van der Waals surface area contributed by atoms with E-state index in [1.807, 2.05) is 0 Å². The molecular formula is C12H13N3O4. The van der Waals surface area contributed by atoms with Gasteiger partial charge in [-0.25, -0.2) is 4.79 Å². The van der Waals surface area contributed by atoms with E-state index in [1.54, 1.807) is 6.92 Å². The Morgan fingerprint density at radius 3 is 2.84 bits per heavy atom. The summed E-state index contributed by atoms with van der Waals surface area (Å²) in [6.07, 6.45) is 2.02. The third-order valence-corrected chi connectivity index (χ3v) is 3.16. The van der Waals surface area contributed by atoms with Gasteiger partial charge in [-0.3, -0.25) is 14.7 Å². The standard InChI is InChI=1S/C12H13N3O4/c1-2-19-12(18)9-10-13-7(6-3-4-6)5-8(16)15(10)14-11(9)17/h5-6,13H,2-4H2,1H3,(H,14,17). The van der Waals surface area contributed by atoms with E-state index in [1.165, 1.54) is 6.07 Å². The van der Waals surface area contributed by atoms with Crippen LogP contribution in [0.3, 0.4) is 0 Å². The van der Waals surface area contributed by atoms with Gasteiger partial charge in [-0.2, -0.15) is 4.52 Å². The molecule has 1 aliphatic carbocycles. The molecule has 3 rings (SSSR count). The lowest BCUT2D eigenvalue weighted by Crippen LogP contribution is -2.16. The molecule has 0 amide bonds. The topological polar surface area (TPSA) is 96.4 Å². The van der Waals surface area contributed by atoms with E-state index in [0.717, 1.165) is 23.1 Å². The first-order chi connectivity index (χ1) is 9.11. The van der Waals surface area contributed by atoms with Crippen LogP contribution in [0.2, 0.25) is 0 Å². The summed E-state index contributed by atoms with van der Waals surface area (Å²) in [6, 6.07) is 1.45. The van der Waals surface area contributed by atoms with E-state index in [2.05, 4.69) is 10.1 Å². The molecule has 0 atom stereocenters. The number of nitrogens with zero attached hydrogens (tertiary/aromatic N) is 1. The smallest absolute Gasteiger partial charge is 0.347 e. The first-order valence-corrected chi connectivity index (χ1v) is 6.17. The van der Waals surface area contributed by atoms with Crippen molar-refractivity contribution < 1.29 is 9.53 Å². The fraction of sp³-hybridized carbons (Fsp3) is 0.417. The number of rotatable bonds is 3. The van der Waals surface area contributed by atoms with Crippen molar-refractivity contribution in [2.45, 2.75) is 25.7 Å². The van der Waals surface area contributed by atoms with Crippen molar-refractivity contribution >= 4 is 11.6 Å². The summed E-state index contributed by atoms with van der Waals surface area (Å²) in [4.78, 5) is 38.4. The van der Waals surface area contributed by atoms with Crippen molar-refractivity contribution in [1.29, 1.82) is 0 Å². The first kappa shape index (κ1) is 11.8. The Labute approximate surface area is 107 Å². The van der Waals surface area contributed by atoms with Crippen LogP contribution in [0, 0.1) is 0 Å². The fourth-order valence-electron chi connectivity index (χ4n) is 2.09. The maximum absolute atomic E-state index is 11.9. The van der Waals surface area contributed by atoms with Crippen LogP contribution in [0.4, 0.5) is 0 Å². The largest absolute Gasteiger partial charge is 0.462 e. The summed E-state index contributed by atoms with van der Waals surface area (Å²) >= 11 is 0. The van der Waals surface area contributed by atoms with Crippen molar-refractivity contribution in [3.8, 4) is 0 Å². The lowest BCUT2D eigenvalue weighted by molar-refractivity contribution is 0.0527. The number of nitrogens with one attached hydrogen (secondary N) is 2. The number of hydrogen-bond acceptors (Lipinski definition) is 4. The van der Waals surface area contributed by atoms with Gasteiger partial charge in [0.05, 0.1) is 6.61 Å². The monoisotopic (exact) mass is 263 g/mol. The summed E-state index contributed by atoms with van der Waals surface area (Å²) in [5, 5.41) is 2.34. The minimum atomic E-state index is -0.727. The van der Waals surface area contributed by atoms with Crippen LogP contribution < -0.4 is 11.1 Å². The van der Waals surface area contributed by atoms with E-state index < -0.39 is 11.5 Å². The van der Waals surface area contributed by atoms with Gasteiger partial charge >= 0.3 is 5.97 Å². The van der Waals surface area contributed by atoms with Crippen molar-refractivity contribution in [1.82, 2.24) is 14.6 Å². The van der Waals surface area contributed by atoms with E-state index >= 15 is 0 Å². The number of aromatic nitrogens is 3. The number of fused-ring (bicyclic) bond motifs is 1. The molecule has 7 heteroatoms. The third-order valence-electron chi connectivity index (χ3n) is 3.16. The van der Waals surface area contributed by atoms with Gasteiger partial charge in [-0.15, -0.1) is 0 Å². The Hall–Kier alpha value is -2.31. The Morgan fingerprint density at radius 2 is 2.21 bits per heavy atom. The lowest BCUT2D eigenvalue weighted by Gasteiger charge is -2.02. The Bertz CT molecular complexity index is 763. The molecule has 0 bridgehead atoms. The van der Waals surface area contributed by atoms with E-state index in [9.17, 15) is 14.4 Å². The van der Waals surface area contributed by atoms with Crippen molar-refractivity contribution in [3.05, 3.63) is 38.0 Å². The summed E-state index contributed by atoms with van der Waals surface area (Å²) in [5.74, 6) is -0.410. The minimum Gasteiger partial charge on any atom is -0.462 e. The third kappa shape index (κ3) is 1.87. The Balaban J connectivity index is 2.26. The zero-order valence-electron chi connectivity index (χ0n) is 10.4. The van der Waals surface area contributed by atoms with Crippen molar-refractivity contribution in [2.24, 2.45) is 0 Å². The molecule has 0 radical (unpaired) electrons. The van der Waals surface area contributed by atoms with Crippen LogP contribution in [0.1, 0.15) is 41.7 Å². The van der Waals surface area contributed by atoms with Gasteiger partial charge in [0.1, 0.15) is 0 Å². The van der Waals surface area contributed by atoms with Crippen molar-refractivity contribution in [2.75, 3.05) is 6.61 Å². The highest BCUT2D eigenvalue weighted by molar-refractivity contribution is 5.95. The highest BCUT2D eigenvalue weighted by atomic mass is 16.5. The number of ether oxygens (including phenoxy) is 1. The predicted octanol–water partition coefficient (Wildman–Crippen LogP) is 0.370. The normalized spacial score (nSPS) is 14.8. The second-order valence-corrected chi connectivity index (χ2v) is 4.56. The number of hydrogen-bond donors (Lipinski definition) is 2. The number of carbonyl (C=O) groups is 1. The quantitative estimate of drug-likeness (QED) is 0.782. The van der Waals surface area contributed by atoms with Gasteiger partial charge in [0.25, 0.3) is 11.1 Å². The van der Waals surface area contributed by atoms with Gasteiger partial charge in [-0.1, -0.05) is 0 Å². The van der Waals surface area contributed by atoms with Gasteiger partial charge in [-0.05, 0) is 25.7 Å². The zero-order chi connectivity index (χ0) is 13.6. The number of carbonyl (C=O) groups excluding carboxylic acids is 1. The number of aromatic amines is 2. The maximum Gasteiger partial charge on any atom is 0.347 e. The summed E-state index contributed by atoms with van der Waals surface area (Å²) in [6.45, 7) is 1.82. The molecule has 1 saturated carbocycles. The molecule has 1 fully saturated rings. The molecule has 2 aromatic heterocycles. The summed E-state index contributed by atoms with van der Waals surface area (Å²) in [5.41, 5.74) is -0.197. The van der Waals surface area contributed by atoms with Gasteiger partial charge in [0.2, 0.25) is 0 Å².